The van der Waals surface area contributed by atoms with E-state index in [0.29, 0.717) is 30.8 Å². The van der Waals surface area contributed by atoms with E-state index >= 15 is 0 Å². The van der Waals surface area contributed by atoms with Gasteiger partial charge in [-0.05, 0) is 60.7 Å². The second-order valence-corrected chi connectivity index (χ2v) is 6.96. The van der Waals surface area contributed by atoms with Gasteiger partial charge in [-0.2, -0.15) is 10.5 Å². The van der Waals surface area contributed by atoms with E-state index in [0.717, 1.165) is 22.0 Å². The minimum atomic E-state index is -0.749. The molecule has 0 saturated heterocycles. The molecule has 0 aliphatic rings. The molecule has 0 bridgehead atoms. The molecule has 0 fully saturated rings. The molecule has 1 unspecified atom stereocenters. The Hall–Kier alpha value is -3.57. The van der Waals surface area contributed by atoms with Crippen molar-refractivity contribution < 1.29 is 4.74 Å². The number of aromatic nitrogens is 1. The summed E-state index contributed by atoms with van der Waals surface area (Å²) in [6.45, 7) is 4.18. The minimum Gasteiger partial charge on any atom is -0.494 e. The van der Waals surface area contributed by atoms with Crippen molar-refractivity contribution in [2.45, 2.75) is 32.1 Å². The third-order valence-corrected chi connectivity index (χ3v) is 5.04. The highest BCUT2D eigenvalue weighted by atomic mass is 16.5. The van der Waals surface area contributed by atoms with Crippen molar-refractivity contribution >= 4 is 10.9 Å². The van der Waals surface area contributed by atoms with E-state index in [1.807, 2.05) is 38.1 Å². The summed E-state index contributed by atoms with van der Waals surface area (Å²) in [6, 6.07) is 19.0. The lowest BCUT2D eigenvalue weighted by Crippen LogP contribution is -2.23. The molecule has 2 aromatic carbocycles. The standard InChI is InChI=1S/C23H21N3O2/c1-3-17-12-18-6-7-19(13-21(18)26-22(17)27)23(2,15-25)10-11-28-20-8-4-16(14-24)5-9-20/h4-9,12-13H,3,10-11H2,1-2H3,(H,26,27). The molecule has 0 radical (unpaired) electrons. The molecule has 0 aliphatic carbocycles. The number of rotatable bonds is 6. The first-order valence-electron chi connectivity index (χ1n) is 9.20. The Labute approximate surface area is 163 Å². The number of nitriles is 2. The molecule has 0 aliphatic heterocycles. The third-order valence-electron chi connectivity index (χ3n) is 5.04. The number of hydrogen-bond donors (Lipinski definition) is 1. The Morgan fingerprint density at radius 2 is 1.86 bits per heavy atom. The smallest absolute Gasteiger partial charge is 0.251 e. The zero-order chi connectivity index (χ0) is 20.1. The topological polar surface area (TPSA) is 89.7 Å². The Morgan fingerprint density at radius 3 is 2.50 bits per heavy atom. The largest absolute Gasteiger partial charge is 0.494 e. The Bertz CT molecular complexity index is 1130. The molecule has 28 heavy (non-hydrogen) atoms. The van der Waals surface area contributed by atoms with E-state index in [1.54, 1.807) is 24.3 Å². The van der Waals surface area contributed by atoms with Gasteiger partial charge in [0.05, 0.1) is 29.7 Å². The molecule has 0 spiro atoms. The van der Waals surface area contributed by atoms with Crippen molar-refractivity contribution in [2.75, 3.05) is 6.61 Å². The predicted octanol–water partition coefficient (Wildman–Crippen LogP) is 4.21. The second kappa shape index (κ2) is 7.98. The number of benzene rings is 2. The fourth-order valence-electron chi connectivity index (χ4n) is 3.12. The second-order valence-electron chi connectivity index (χ2n) is 6.96. The van der Waals surface area contributed by atoms with Gasteiger partial charge in [0, 0.05) is 17.5 Å². The summed E-state index contributed by atoms with van der Waals surface area (Å²) in [6.07, 6.45) is 1.17. The van der Waals surface area contributed by atoms with E-state index in [2.05, 4.69) is 17.1 Å². The maximum Gasteiger partial charge on any atom is 0.251 e. The SMILES string of the molecule is CCc1cc2ccc(C(C)(C#N)CCOc3ccc(C#N)cc3)cc2[nH]c1=O. The summed E-state index contributed by atoms with van der Waals surface area (Å²) in [5.41, 5.74) is 2.06. The number of aromatic amines is 1. The molecule has 140 valence electrons. The van der Waals surface area contributed by atoms with Crippen molar-refractivity contribution in [3.8, 4) is 17.9 Å². The molecular weight excluding hydrogens is 350 g/mol. The minimum absolute atomic E-state index is 0.0880. The molecule has 0 saturated carbocycles. The number of H-pyrrole nitrogens is 1. The van der Waals surface area contributed by atoms with Crippen molar-refractivity contribution in [1.29, 1.82) is 10.5 Å². The molecule has 3 rings (SSSR count). The van der Waals surface area contributed by atoms with E-state index in [9.17, 15) is 10.1 Å². The first-order valence-corrected chi connectivity index (χ1v) is 9.20. The first-order chi connectivity index (χ1) is 13.5. The van der Waals surface area contributed by atoms with Crippen LogP contribution in [0.4, 0.5) is 0 Å². The maximum atomic E-state index is 12.1. The first kappa shape index (κ1) is 19.2. The number of fused-ring (bicyclic) bond motifs is 1. The zero-order valence-electron chi connectivity index (χ0n) is 16.0. The van der Waals surface area contributed by atoms with Gasteiger partial charge in [0.15, 0.2) is 0 Å². The highest BCUT2D eigenvalue weighted by Crippen LogP contribution is 2.29. The number of aryl methyl sites for hydroxylation is 1. The Balaban J connectivity index is 1.79. The number of hydrogen-bond acceptors (Lipinski definition) is 4. The average Bonchev–Trinajstić information content (AvgIpc) is 2.73. The van der Waals surface area contributed by atoms with Gasteiger partial charge >= 0.3 is 0 Å². The number of pyridine rings is 1. The molecular formula is C23H21N3O2. The number of nitrogens with zero attached hydrogens (tertiary/aromatic N) is 2. The molecule has 1 heterocycles. The summed E-state index contributed by atoms with van der Waals surface area (Å²) in [5, 5.41) is 19.6. The van der Waals surface area contributed by atoms with Gasteiger partial charge in [-0.1, -0.05) is 19.1 Å². The van der Waals surface area contributed by atoms with Crippen LogP contribution in [0.1, 0.15) is 37.0 Å². The van der Waals surface area contributed by atoms with Crippen molar-refractivity contribution in [2.24, 2.45) is 0 Å². The maximum absolute atomic E-state index is 12.1. The van der Waals surface area contributed by atoms with Crippen LogP contribution < -0.4 is 10.3 Å². The molecule has 5 nitrogen and oxygen atoms in total. The Morgan fingerprint density at radius 1 is 1.11 bits per heavy atom. The van der Waals surface area contributed by atoms with Crippen LogP contribution in [0.15, 0.2) is 53.3 Å². The Kier molecular flexibility index (Phi) is 5.47. The number of nitrogens with one attached hydrogen (secondary N) is 1. The van der Waals surface area contributed by atoms with Gasteiger partial charge < -0.3 is 9.72 Å². The van der Waals surface area contributed by atoms with Gasteiger partial charge in [0.2, 0.25) is 0 Å². The van der Waals surface area contributed by atoms with E-state index < -0.39 is 5.41 Å². The molecule has 0 amide bonds. The van der Waals surface area contributed by atoms with Gasteiger partial charge in [0.25, 0.3) is 5.56 Å². The van der Waals surface area contributed by atoms with Gasteiger partial charge in [-0.25, -0.2) is 0 Å². The molecule has 3 aromatic rings. The summed E-state index contributed by atoms with van der Waals surface area (Å²) in [4.78, 5) is 15.0. The summed E-state index contributed by atoms with van der Waals surface area (Å²) in [5.74, 6) is 0.661. The molecule has 1 aromatic heterocycles. The van der Waals surface area contributed by atoms with Crippen LogP contribution in [-0.4, -0.2) is 11.6 Å². The van der Waals surface area contributed by atoms with Crippen molar-refractivity contribution in [3.63, 3.8) is 0 Å². The normalized spacial score (nSPS) is 12.7. The van der Waals surface area contributed by atoms with Crippen LogP contribution in [0.3, 0.4) is 0 Å². The zero-order valence-corrected chi connectivity index (χ0v) is 16.0. The molecule has 5 heteroatoms. The van der Waals surface area contributed by atoms with Gasteiger partial charge in [-0.15, -0.1) is 0 Å². The summed E-state index contributed by atoms with van der Waals surface area (Å²) in [7, 11) is 0. The lowest BCUT2D eigenvalue weighted by Gasteiger charge is -2.22. The fraction of sp³-hybridized carbons (Fsp3) is 0.261. The van der Waals surface area contributed by atoms with E-state index in [4.69, 9.17) is 10.00 Å². The van der Waals surface area contributed by atoms with Crippen LogP contribution in [0.25, 0.3) is 10.9 Å². The fourth-order valence-corrected chi connectivity index (χ4v) is 3.12. The van der Waals surface area contributed by atoms with Crippen LogP contribution in [0.5, 0.6) is 5.75 Å². The van der Waals surface area contributed by atoms with E-state index in [-0.39, 0.29) is 5.56 Å². The van der Waals surface area contributed by atoms with Crippen LogP contribution in [0, 0.1) is 22.7 Å². The number of ether oxygens (including phenoxy) is 1. The monoisotopic (exact) mass is 371 g/mol. The summed E-state index contributed by atoms with van der Waals surface area (Å²) < 4.78 is 5.74. The molecule has 1 N–H and O–H groups in total. The summed E-state index contributed by atoms with van der Waals surface area (Å²) >= 11 is 0. The molecule has 1 atom stereocenters. The average molecular weight is 371 g/mol. The van der Waals surface area contributed by atoms with Gasteiger partial charge in [0.1, 0.15) is 5.75 Å². The van der Waals surface area contributed by atoms with Crippen LogP contribution in [-0.2, 0) is 11.8 Å². The van der Waals surface area contributed by atoms with E-state index in [1.165, 1.54) is 0 Å². The van der Waals surface area contributed by atoms with Crippen LogP contribution >= 0.6 is 0 Å². The lowest BCUT2D eigenvalue weighted by molar-refractivity contribution is 0.285. The predicted molar refractivity (Wildman–Crippen MR) is 108 cm³/mol. The van der Waals surface area contributed by atoms with Gasteiger partial charge in [-0.3, -0.25) is 4.79 Å². The van der Waals surface area contributed by atoms with Crippen molar-refractivity contribution in [3.05, 3.63) is 75.6 Å². The lowest BCUT2D eigenvalue weighted by atomic mass is 9.81. The highest BCUT2D eigenvalue weighted by molar-refractivity contribution is 5.80. The third kappa shape index (κ3) is 3.89. The quantitative estimate of drug-likeness (QED) is 0.703. The highest BCUT2D eigenvalue weighted by Gasteiger charge is 2.27. The van der Waals surface area contributed by atoms with Crippen LogP contribution in [0.2, 0.25) is 0 Å². The van der Waals surface area contributed by atoms with Crippen molar-refractivity contribution in [1.82, 2.24) is 4.98 Å².